The Hall–Kier alpha value is -2.35. The molecule has 3 heterocycles. The molecule has 1 aromatic carbocycles. The number of nitrogens with zero attached hydrogens (tertiary/aromatic N) is 5. The van der Waals surface area contributed by atoms with Crippen molar-refractivity contribution in [2.45, 2.75) is 56.9 Å². The van der Waals surface area contributed by atoms with Gasteiger partial charge in [0.25, 0.3) is 0 Å². The first-order valence-electron chi connectivity index (χ1n) is 16.5. The first kappa shape index (κ1) is 34.0. The number of benzene rings is 1. The van der Waals surface area contributed by atoms with Gasteiger partial charge in [0.15, 0.2) is 0 Å². The fourth-order valence-electron chi connectivity index (χ4n) is 7.38. The molecule has 4 fully saturated rings. The third-order valence-electron chi connectivity index (χ3n) is 10.2. The summed E-state index contributed by atoms with van der Waals surface area (Å²) in [6.07, 6.45) is 7.08. The van der Waals surface area contributed by atoms with E-state index < -0.39 is 21.7 Å². The molecule has 252 valence electrons. The Balaban J connectivity index is 1.15. The number of ether oxygens (including phenoxy) is 1. The Morgan fingerprint density at radius 3 is 2.07 bits per heavy atom. The average molecular weight is 654 g/mol. The van der Waals surface area contributed by atoms with Crippen LogP contribution in [0.25, 0.3) is 0 Å². The number of carbonyl (C=O) groups is 2. The van der Waals surface area contributed by atoms with Gasteiger partial charge in [0, 0.05) is 71.0 Å². The minimum Gasteiger partial charge on any atom is -0.453 e. The number of hydrogen-bond acceptors (Lipinski definition) is 7. The van der Waals surface area contributed by atoms with Crippen molar-refractivity contribution in [1.29, 1.82) is 0 Å². The Bertz CT molecular complexity index is 1250. The lowest BCUT2D eigenvalue weighted by Gasteiger charge is -2.41. The number of rotatable bonds is 11. The molecule has 1 aromatic rings. The van der Waals surface area contributed by atoms with Crippen LogP contribution < -0.4 is 0 Å². The Labute approximate surface area is 266 Å². The van der Waals surface area contributed by atoms with E-state index in [0.29, 0.717) is 70.1 Å². The van der Waals surface area contributed by atoms with Crippen LogP contribution in [0, 0.1) is 23.5 Å². The van der Waals surface area contributed by atoms with Crippen molar-refractivity contribution in [3.8, 4) is 0 Å². The van der Waals surface area contributed by atoms with E-state index in [0.717, 1.165) is 51.5 Å². The van der Waals surface area contributed by atoms with E-state index in [4.69, 9.17) is 4.74 Å². The summed E-state index contributed by atoms with van der Waals surface area (Å²) in [7, 11) is -1.88. The van der Waals surface area contributed by atoms with Crippen LogP contribution >= 0.6 is 0 Å². The Morgan fingerprint density at radius 2 is 1.51 bits per heavy atom. The van der Waals surface area contributed by atoms with Crippen LogP contribution in [0.15, 0.2) is 18.2 Å². The van der Waals surface area contributed by atoms with Crippen LogP contribution in [0.3, 0.4) is 0 Å². The number of likely N-dealkylation sites (tertiary alicyclic amines) is 1. The highest BCUT2D eigenvalue weighted by atomic mass is 32.2. The lowest BCUT2D eigenvalue weighted by atomic mass is 9.78. The SMILES string of the molecule is COC(=O)N1CCN(CC(=O)N(CC2CC2)C2CCN(CCC(c3cc(F)cc(F)c3)C3CCN(S(C)(=O)=O)CC3)CC2)CC1. The normalized spacial score (nSPS) is 22.4. The molecule has 3 aliphatic heterocycles. The summed E-state index contributed by atoms with van der Waals surface area (Å²) in [6.45, 7) is 6.94. The van der Waals surface area contributed by atoms with Crippen molar-refractivity contribution in [1.82, 2.24) is 23.9 Å². The van der Waals surface area contributed by atoms with Gasteiger partial charge in [0.05, 0.1) is 19.9 Å². The van der Waals surface area contributed by atoms with Crippen molar-refractivity contribution >= 4 is 22.0 Å². The molecule has 1 atom stereocenters. The number of amides is 2. The van der Waals surface area contributed by atoms with Gasteiger partial charge in [-0.05, 0) is 86.9 Å². The molecular formula is C32H49F2N5O5S. The van der Waals surface area contributed by atoms with Gasteiger partial charge >= 0.3 is 6.09 Å². The van der Waals surface area contributed by atoms with Gasteiger partial charge in [-0.15, -0.1) is 0 Å². The molecular weight excluding hydrogens is 604 g/mol. The van der Waals surface area contributed by atoms with Gasteiger partial charge in [-0.3, -0.25) is 9.69 Å². The Morgan fingerprint density at radius 1 is 0.889 bits per heavy atom. The summed E-state index contributed by atoms with van der Waals surface area (Å²) < 4.78 is 59.0. The molecule has 1 unspecified atom stereocenters. The number of piperidine rings is 2. The summed E-state index contributed by atoms with van der Waals surface area (Å²) in [5, 5.41) is 0. The molecule has 1 aliphatic carbocycles. The van der Waals surface area contributed by atoms with Crippen LogP contribution in [0.4, 0.5) is 13.6 Å². The van der Waals surface area contributed by atoms with Gasteiger partial charge < -0.3 is 19.4 Å². The van der Waals surface area contributed by atoms with Crippen LogP contribution in [-0.4, -0.2) is 136 Å². The van der Waals surface area contributed by atoms with E-state index in [2.05, 4.69) is 14.7 Å². The second kappa shape index (κ2) is 15.0. The maximum atomic E-state index is 14.3. The summed E-state index contributed by atoms with van der Waals surface area (Å²) >= 11 is 0. The van der Waals surface area contributed by atoms with Gasteiger partial charge in [-0.1, -0.05) is 0 Å². The minimum absolute atomic E-state index is 0.0674. The zero-order valence-corrected chi connectivity index (χ0v) is 27.5. The predicted molar refractivity (Wildman–Crippen MR) is 167 cm³/mol. The lowest BCUT2D eigenvalue weighted by molar-refractivity contribution is -0.136. The number of sulfonamides is 1. The monoisotopic (exact) mass is 653 g/mol. The first-order valence-corrected chi connectivity index (χ1v) is 18.3. The standard InChI is InChI=1S/C32H49F2N5O5S/c1-44-32(41)37-17-15-36(16-18-37)23-31(40)39(22-24-3-4-24)29-7-10-35(11-8-29)12-9-30(26-19-27(33)21-28(34)20-26)25-5-13-38(14-6-25)45(2,42)43/h19-21,24-25,29-30H,3-18,22-23H2,1-2H3. The van der Waals surface area contributed by atoms with Crippen molar-refractivity contribution in [3.63, 3.8) is 0 Å². The maximum absolute atomic E-state index is 14.3. The summed E-state index contributed by atoms with van der Waals surface area (Å²) in [5.41, 5.74) is 0.647. The third-order valence-corrected chi connectivity index (χ3v) is 11.5. The number of halogens is 2. The molecule has 0 spiro atoms. The molecule has 1 saturated carbocycles. The topological polar surface area (TPSA) is 93.7 Å². The second-order valence-corrected chi connectivity index (χ2v) is 15.4. The van der Waals surface area contributed by atoms with E-state index in [9.17, 15) is 26.8 Å². The van der Waals surface area contributed by atoms with Crippen LogP contribution in [-0.2, 0) is 19.6 Å². The zero-order chi connectivity index (χ0) is 32.1. The van der Waals surface area contributed by atoms with Crippen LogP contribution in [0.5, 0.6) is 0 Å². The molecule has 0 bridgehead atoms. The number of methoxy groups -OCH3 is 1. The van der Waals surface area contributed by atoms with E-state index in [1.807, 2.05) is 0 Å². The molecule has 45 heavy (non-hydrogen) atoms. The van der Waals surface area contributed by atoms with Crippen molar-refractivity contribution in [2.75, 3.05) is 85.4 Å². The summed E-state index contributed by atoms with van der Waals surface area (Å²) in [4.78, 5) is 33.7. The highest BCUT2D eigenvalue weighted by Crippen LogP contribution is 2.37. The second-order valence-electron chi connectivity index (χ2n) is 13.4. The van der Waals surface area contributed by atoms with Crippen molar-refractivity contribution in [2.24, 2.45) is 11.8 Å². The van der Waals surface area contributed by atoms with Crippen LogP contribution in [0.1, 0.15) is 56.4 Å². The highest BCUT2D eigenvalue weighted by molar-refractivity contribution is 7.88. The molecule has 0 aromatic heterocycles. The quantitative estimate of drug-likeness (QED) is 0.362. The molecule has 5 rings (SSSR count). The molecule has 3 saturated heterocycles. The van der Waals surface area contributed by atoms with E-state index in [-0.39, 0.29) is 29.9 Å². The maximum Gasteiger partial charge on any atom is 0.409 e. The zero-order valence-electron chi connectivity index (χ0n) is 26.7. The predicted octanol–water partition coefficient (Wildman–Crippen LogP) is 3.20. The van der Waals surface area contributed by atoms with Crippen LogP contribution in [0.2, 0.25) is 0 Å². The van der Waals surface area contributed by atoms with Gasteiger partial charge in [0.2, 0.25) is 15.9 Å². The lowest BCUT2D eigenvalue weighted by Crippen LogP contribution is -2.54. The highest BCUT2D eigenvalue weighted by Gasteiger charge is 2.35. The Kier molecular flexibility index (Phi) is 11.4. The number of hydrogen-bond donors (Lipinski definition) is 0. The fourth-order valence-corrected chi connectivity index (χ4v) is 8.26. The van der Waals surface area contributed by atoms with Crippen molar-refractivity contribution < 1.29 is 31.5 Å². The van der Waals surface area contributed by atoms with E-state index in [1.165, 1.54) is 42.6 Å². The number of piperazine rings is 1. The average Bonchev–Trinajstić information content (AvgIpc) is 3.84. The molecule has 10 nitrogen and oxygen atoms in total. The first-order chi connectivity index (χ1) is 21.5. The van der Waals surface area contributed by atoms with Gasteiger partial charge in [-0.25, -0.2) is 26.3 Å². The smallest absolute Gasteiger partial charge is 0.409 e. The summed E-state index contributed by atoms with van der Waals surface area (Å²) in [6, 6.07) is 3.95. The summed E-state index contributed by atoms with van der Waals surface area (Å²) in [5.74, 6) is -0.347. The number of carbonyl (C=O) groups excluding carboxylic acids is 2. The molecule has 2 amide bonds. The van der Waals surface area contributed by atoms with E-state index in [1.54, 1.807) is 4.90 Å². The molecule has 4 aliphatic rings. The van der Waals surface area contributed by atoms with Gasteiger partial charge in [0.1, 0.15) is 11.6 Å². The van der Waals surface area contributed by atoms with E-state index >= 15 is 0 Å². The molecule has 0 N–H and O–H groups in total. The minimum atomic E-state index is -3.26. The molecule has 0 radical (unpaired) electrons. The largest absolute Gasteiger partial charge is 0.453 e. The molecule has 13 heteroatoms. The van der Waals surface area contributed by atoms with Crippen molar-refractivity contribution in [3.05, 3.63) is 35.4 Å². The van der Waals surface area contributed by atoms with Gasteiger partial charge in [-0.2, -0.15) is 0 Å². The third kappa shape index (κ3) is 9.36. The fraction of sp³-hybridized carbons (Fsp3) is 0.750.